The number of nitrogens with one attached hydrogen (secondary N) is 1. The molecular weight excluding hydrogens is 350 g/mol. The second-order valence-corrected chi connectivity index (χ2v) is 7.28. The highest BCUT2D eigenvalue weighted by atomic mass is 16.2. The molecule has 0 saturated carbocycles. The highest BCUT2D eigenvalue weighted by Crippen LogP contribution is 2.08. The maximum Gasteiger partial charge on any atom is 0.251 e. The summed E-state index contributed by atoms with van der Waals surface area (Å²) < 4.78 is 0. The summed E-state index contributed by atoms with van der Waals surface area (Å²) in [5.41, 5.74) is 2.96. The average molecular weight is 380 g/mol. The van der Waals surface area contributed by atoms with Crippen molar-refractivity contribution in [2.24, 2.45) is 0 Å². The number of aryl methyl sites for hydroxylation is 1. The summed E-state index contributed by atoms with van der Waals surface area (Å²) in [6.07, 6.45) is 1.39. The fourth-order valence-corrected chi connectivity index (χ4v) is 3.52. The topological polar surface area (TPSA) is 52.7 Å². The lowest BCUT2D eigenvalue weighted by Crippen LogP contribution is -2.49. The van der Waals surface area contributed by atoms with Crippen LogP contribution in [0.5, 0.6) is 0 Å². The number of rotatable bonds is 7. The van der Waals surface area contributed by atoms with Crippen molar-refractivity contribution in [3.8, 4) is 0 Å². The van der Waals surface area contributed by atoms with Gasteiger partial charge in [0.2, 0.25) is 5.91 Å². The third-order valence-electron chi connectivity index (χ3n) is 5.30. The van der Waals surface area contributed by atoms with Gasteiger partial charge in [0.05, 0.1) is 0 Å². The Balaban J connectivity index is 1.35. The predicted octanol–water partition coefficient (Wildman–Crippen LogP) is 2.50. The van der Waals surface area contributed by atoms with Gasteiger partial charge in [-0.3, -0.25) is 14.5 Å². The van der Waals surface area contributed by atoms with E-state index in [0.29, 0.717) is 18.5 Å². The van der Waals surface area contributed by atoms with Gasteiger partial charge < -0.3 is 10.2 Å². The molecule has 0 radical (unpaired) electrons. The van der Waals surface area contributed by atoms with E-state index in [-0.39, 0.29) is 11.8 Å². The summed E-state index contributed by atoms with van der Waals surface area (Å²) in [7, 11) is 0. The zero-order valence-electron chi connectivity index (χ0n) is 16.6. The van der Waals surface area contributed by atoms with E-state index in [2.05, 4.69) is 34.5 Å². The van der Waals surface area contributed by atoms with Gasteiger partial charge in [-0.1, -0.05) is 48.5 Å². The predicted molar refractivity (Wildman–Crippen MR) is 111 cm³/mol. The van der Waals surface area contributed by atoms with E-state index in [1.54, 1.807) is 6.07 Å². The van der Waals surface area contributed by atoms with E-state index in [1.165, 1.54) is 5.56 Å². The van der Waals surface area contributed by atoms with Gasteiger partial charge in [0, 0.05) is 51.3 Å². The number of carbonyl (C=O) groups is 2. The van der Waals surface area contributed by atoms with Gasteiger partial charge in [-0.25, -0.2) is 0 Å². The smallest absolute Gasteiger partial charge is 0.251 e. The van der Waals surface area contributed by atoms with Crippen LogP contribution in [0.25, 0.3) is 0 Å². The Morgan fingerprint density at radius 1 is 0.929 bits per heavy atom. The van der Waals surface area contributed by atoms with Gasteiger partial charge >= 0.3 is 0 Å². The van der Waals surface area contributed by atoms with E-state index < -0.39 is 0 Å². The number of hydrogen-bond donors (Lipinski definition) is 1. The highest BCUT2D eigenvalue weighted by molar-refractivity contribution is 5.95. The second kappa shape index (κ2) is 10.0. The Labute approximate surface area is 167 Å². The molecule has 2 aromatic carbocycles. The maximum atomic E-state index is 12.4. The van der Waals surface area contributed by atoms with Crippen molar-refractivity contribution in [3.05, 3.63) is 71.3 Å². The molecule has 0 aliphatic carbocycles. The zero-order chi connectivity index (χ0) is 19.8. The number of carbonyl (C=O) groups excluding carboxylic acids is 2. The molecule has 148 valence electrons. The molecule has 3 rings (SSSR count). The molecule has 0 spiro atoms. The van der Waals surface area contributed by atoms with Crippen LogP contribution in [0, 0.1) is 6.92 Å². The summed E-state index contributed by atoms with van der Waals surface area (Å²) in [4.78, 5) is 29.0. The third kappa shape index (κ3) is 5.67. The molecule has 5 nitrogen and oxygen atoms in total. The Kier molecular flexibility index (Phi) is 7.20. The molecule has 28 heavy (non-hydrogen) atoms. The first-order valence-corrected chi connectivity index (χ1v) is 10.0. The number of benzene rings is 2. The van der Waals surface area contributed by atoms with Crippen molar-refractivity contribution in [1.29, 1.82) is 0 Å². The van der Waals surface area contributed by atoms with E-state index in [0.717, 1.165) is 44.7 Å². The Morgan fingerprint density at radius 3 is 2.32 bits per heavy atom. The molecular formula is C23H29N3O2. The Hall–Kier alpha value is -2.66. The van der Waals surface area contributed by atoms with Gasteiger partial charge in [0.25, 0.3) is 5.91 Å². The molecule has 5 heteroatoms. The first kappa shape index (κ1) is 20.1. The largest absolute Gasteiger partial charge is 0.352 e. The van der Waals surface area contributed by atoms with Gasteiger partial charge in [-0.2, -0.15) is 0 Å². The molecule has 0 bridgehead atoms. The summed E-state index contributed by atoms with van der Waals surface area (Å²) in [5, 5.41) is 2.86. The SMILES string of the molecule is Cc1ccccc1C(=O)NCCC(=O)N1CCN(CCc2ccccc2)CC1. The average Bonchev–Trinajstić information content (AvgIpc) is 2.73. The summed E-state index contributed by atoms with van der Waals surface area (Å²) in [5.74, 6) is 0.00410. The normalized spacial score (nSPS) is 14.7. The quantitative estimate of drug-likeness (QED) is 0.804. The third-order valence-corrected chi connectivity index (χ3v) is 5.30. The lowest BCUT2D eigenvalue weighted by atomic mass is 10.1. The van der Waals surface area contributed by atoms with E-state index in [4.69, 9.17) is 0 Å². The zero-order valence-corrected chi connectivity index (χ0v) is 16.6. The number of amides is 2. The summed E-state index contributed by atoms with van der Waals surface area (Å²) in [6.45, 7) is 6.66. The molecule has 2 amide bonds. The maximum absolute atomic E-state index is 12.4. The van der Waals surface area contributed by atoms with Crippen LogP contribution >= 0.6 is 0 Å². The minimum absolute atomic E-state index is 0.114. The number of hydrogen-bond acceptors (Lipinski definition) is 3. The lowest BCUT2D eigenvalue weighted by Gasteiger charge is -2.34. The molecule has 0 aromatic heterocycles. The molecule has 1 aliphatic heterocycles. The van der Waals surface area contributed by atoms with Crippen LogP contribution in [0.3, 0.4) is 0 Å². The minimum Gasteiger partial charge on any atom is -0.352 e. The molecule has 1 N–H and O–H groups in total. The Morgan fingerprint density at radius 2 is 1.61 bits per heavy atom. The minimum atomic E-state index is -0.114. The van der Waals surface area contributed by atoms with Crippen LogP contribution in [0.2, 0.25) is 0 Å². The fourth-order valence-electron chi connectivity index (χ4n) is 3.52. The van der Waals surface area contributed by atoms with E-state index in [9.17, 15) is 9.59 Å². The van der Waals surface area contributed by atoms with Crippen molar-refractivity contribution < 1.29 is 9.59 Å². The molecule has 1 aliphatic rings. The van der Waals surface area contributed by atoms with Gasteiger partial charge in [0.15, 0.2) is 0 Å². The van der Waals surface area contributed by atoms with Crippen LogP contribution in [-0.4, -0.2) is 60.9 Å². The second-order valence-electron chi connectivity index (χ2n) is 7.28. The van der Waals surface area contributed by atoms with Crippen LogP contribution in [0.4, 0.5) is 0 Å². The monoisotopic (exact) mass is 379 g/mol. The Bertz CT molecular complexity index is 783. The summed E-state index contributed by atoms with van der Waals surface area (Å²) >= 11 is 0. The molecule has 2 aromatic rings. The van der Waals surface area contributed by atoms with Crippen LogP contribution in [-0.2, 0) is 11.2 Å². The van der Waals surface area contributed by atoms with E-state index in [1.807, 2.05) is 36.1 Å². The number of nitrogens with zero attached hydrogens (tertiary/aromatic N) is 2. The number of piperazine rings is 1. The van der Waals surface area contributed by atoms with Gasteiger partial charge in [0.1, 0.15) is 0 Å². The van der Waals surface area contributed by atoms with Crippen LogP contribution in [0.1, 0.15) is 27.9 Å². The van der Waals surface area contributed by atoms with Crippen molar-refractivity contribution in [3.63, 3.8) is 0 Å². The van der Waals surface area contributed by atoms with Crippen molar-refractivity contribution >= 4 is 11.8 Å². The molecule has 1 fully saturated rings. The summed E-state index contributed by atoms with van der Waals surface area (Å²) in [6, 6.07) is 18.0. The first-order chi connectivity index (χ1) is 13.6. The highest BCUT2D eigenvalue weighted by Gasteiger charge is 2.20. The molecule has 0 atom stereocenters. The van der Waals surface area contributed by atoms with Crippen molar-refractivity contribution in [2.75, 3.05) is 39.3 Å². The van der Waals surface area contributed by atoms with Crippen molar-refractivity contribution in [1.82, 2.24) is 15.1 Å². The van der Waals surface area contributed by atoms with Gasteiger partial charge in [-0.05, 0) is 30.5 Å². The molecule has 1 saturated heterocycles. The van der Waals surface area contributed by atoms with Crippen LogP contribution in [0.15, 0.2) is 54.6 Å². The van der Waals surface area contributed by atoms with Crippen molar-refractivity contribution in [2.45, 2.75) is 19.8 Å². The van der Waals surface area contributed by atoms with Crippen LogP contribution < -0.4 is 5.32 Å². The first-order valence-electron chi connectivity index (χ1n) is 10.0. The standard InChI is InChI=1S/C23H29N3O2/c1-19-7-5-6-10-21(19)23(28)24-13-11-22(27)26-17-15-25(16-18-26)14-12-20-8-3-2-4-9-20/h2-10H,11-18H2,1H3,(H,24,28). The molecule has 1 heterocycles. The molecule has 0 unspecified atom stereocenters. The van der Waals surface area contributed by atoms with Gasteiger partial charge in [-0.15, -0.1) is 0 Å². The van der Waals surface area contributed by atoms with E-state index >= 15 is 0 Å². The fraction of sp³-hybridized carbons (Fsp3) is 0.391. The lowest BCUT2D eigenvalue weighted by molar-refractivity contribution is -0.132.